The first-order valence-corrected chi connectivity index (χ1v) is 8.58. The van der Waals surface area contributed by atoms with Gasteiger partial charge in [0.05, 0.1) is 0 Å². The lowest BCUT2D eigenvalue weighted by Gasteiger charge is -2.27. The Morgan fingerprint density at radius 1 is 1.30 bits per heavy atom. The number of rotatable bonds is 7. The minimum Gasteiger partial charge on any atom is -0.444 e. The van der Waals surface area contributed by atoms with Gasteiger partial charge in [0.25, 0.3) is 0 Å². The van der Waals surface area contributed by atoms with Crippen LogP contribution in [-0.2, 0) is 4.74 Å². The summed E-state index contributed by atoms with van der Waals surface area (Å²) in [6.45, 7) is 11.8. The number of nitrogens with zero attached hydrogens (tertiary/aromatic N) is 1. The summed E-state index contributed by atoms with van der Waals surface area (Å²) < 4.78 is 5.45. The molecule has 4 nitrogen and oxygen atoms in total. The Balaban J connectivity index is 2.52. The van der Waals surface area contributed by atoms with Crippen molar-refractivity contribution in [2.24, 2.45) is 0 Å². The van der Waals surface area contributed by atoms with Gasteiger partial charge in [-0.2, -0.15) is 0 Å². The van der Waals surface area contributed by atoms with Crippen LogP contribution in [0.15, 0.2) is 24.3 Å². The predicted molar refractivity (Wildman–Crippen MR) is 96.0 cm³/mol. The zero-order valence-corrected chi connectivity index (χ0v) is 15.6. The SMILES string of the molecule is CCCN(CCNC(C)c1ccccc1Cl)C(=O)OC(C)(C)C. The monoisotopic (exact) mass is 340 g/mol. The van der Waals surface area contributed by atoms with Gasteiger partial charge in [-0.25, -0.2) is 4.79 Å². The summed E-state index contributed by atoms with van der Waals surface area (Å²) in [5, 5.41) is 4.17. The van der Waals surface area contributed by atoms with Crippen LogP contribution in [0, 0.1) is 0 Å². The number of amides is 1. The number of hydrogen-bond donors (Lipinski definition) is 1. The van der Waals surface area contributed by atoms with Crippen molar-refractivity contribution in [2.45, 2.75) is 52.7 Å². The van der Waals surface area contributed by atoms with Crippen LogP contribution in [-0.4, -0.2) is 36.2 Å². The van der Waals surface area contributed by atoms with Gasteiger partial charge in [0.15, 0.2) is 0 Å². The number of ether oxygens (including phenoxy) is 1. The molecule has 5 heteroatoms. The normalized spacial score (nSPS) is 12.8. The minimum absolute atomic E-state index is 0.130. The zero-order valence-electron chi connectivity index (χ0n) is 14.9. The zero-order chi connectivity index (χ0) is 17.5. The van der Waals surface area contributed by atoms with Gasteiger partial charge in [-0.05, 0) is 45.7 Å². The Hall–Kier alpha value is -1.26. The molecule has 0 aliphatic carbocycles. The Morgan fingerprint density at radius 3 is 2.52 bits per heavy atom. The van der Waals surface area contributed by atoms with E-state index in [0.29, 0.717) is 19.6 Å². The summed E-state index contributed by atoms with van der Waals surface area (Å²) in [7, 11) is 0. The van der Waals surface area contributed by atoms with Crippen molar-refractivity contribution in [2.75, 3.05) is 19.6 Å². The van der Waals surface area contributed by atoms with E-state index in [1.165, 1.54) is 0 Å². The van der Waals surface area contributed by atoms with E-state index in [2.05, 4.69) is 19.2 Å². The number of benzene rings is 1. The maximum Gasteiger partial charge on any atom is 0.410 e. The van der Waals surface area contributed by atoms with E-state index < -0.39 is 5.60 Å². The largest absolute Gasteiger partial charge is 0.444 e. The van der Waals surface area contributed by atoms with E-state index in [1.807, 2.05) is 45.0 Å². The first kappa shape index (κ1) is 19.8. The fourth-order valence-corrected chi connectivity index (χ4v) is 2.54. The molecule has 0 heterocycles. The number of nitrogens with one attached hydrogen (secondary N) is 1. The number of halogens is 1. The van der Waals surface area contributed by atoms with Crippen molar-refractivity contribution in [1.29, 1.82) is 0 Å². The lowest BCUT2D eigenvalue weighted by molar-refractivity contribution is 0.0251. The third kappa shape index (κ3) is 7.23. The lowest BCUT2D eigenvalue weighted by Crippen LogP contribution is -2.41. The summed E-state index contributed by atoms with van der Waals surface area (Å²) in [6, 6.07) is 7.93. The van der Waals surface area contributed by atoms with Crippen LogP contribution < -0.4 is 5.32 Å². The standard InChI is InChI=1S/C18H29ClN2O2/c1-6-12-21(17(22)23-18(3,4)5)13-11-20-14(2)15-9-7-8-10-16(15)19/h7-10,14,20H,6,11-13H2,1-5H3. The maximum atomic E-state index is 12.2. The molecule has 0 fully saturated rings. The molecule has 0 saturated heterocycles. The van der Waals surface area contributed by atoms with Crippen molar-refractivity contribution < 1.29 is 9.53 Å². The van der Waals surface area contributed by atoms with E-state index in [1.54, 1.807) is 4.90 Å². The average Bonchev–Trinajstić information content (AvgIpc) is 2.44. The molecule has 130 valence electrons. The van der Waals surface area contributed by atoms with Crippen LogP contribution >= 0.6 is 11.6 Å². The lowest BCUT2D eigenvalue weighted by atomic mass is 10.1. The Kier molecular flexibility index (Phi) is 7.86. The first-order valence-electron chi connectivity index (χ1n) is 8.20. The number of carbonyl (C=O) groups excluding carboxylic acids is 1. The van der Waals surface area contributed by atoms with Gasteiger partial charge in [0.1, 0.15) is 5.60 Å². The second-order valence-corrected chi connectivity index (χ2v) is 7.07. The highest BCUT2D eigenvalue weighted by Gasteiger charge is 2.21. The van der Waals surface area contributed by atoms with Crippen molar-refractivity contribution in [3.05, 3.63) is 34.9 Å². The fraction of sp³-hybridized carbons (Fsp3) is 0.611. The van der Waals surface area contributed by atoms with Crippen LogP contribution in [0.2, 0.25) is 5.02 Å². The van der Waals surface area contributed by atoms with E-state index in [-0.39, 0.29) is 12.1 Å². The van der Waals surface area contributed by atoms with Crippen molar-refractivity contribution in [3.8, 4) is 0 Å². The smallest absolute Gasteiger partial charge is 0.410 e. The van der Waals surface area contributed by atoms with Crippen LogP contribution in [0.4, 0.5) is 4.79 Å². The van der Waals surface area contributed by atoms with E-state index in [0.717, 1.165) is 17.0 Å². The third-order valence-corrected chi connectivity index (χ3v) is 3.69. The van der Waals surface area contributed by atoms with Gasteiger partial charge in [-0.15, -0.1) is 0 Å². The molecular weight excluding hydrogens is 312 g/mol. The van der Waals surface area contributed by atoms with E-state index in [4.69, 9.17) is 16.3 Å². The van der Waals surface area contributed by atoms with Gasteiger partial charge in [-0.3, -0.25) is 0 Å². The second kappa shape index (κ2) is 9.14. The van der Waals surface area contributed by atoms with Gasteiger partial charge < -0.3 is 15.0 Å². The Labute approximate surface area is 145 Å². The number of hydrogen-bond acceptors (Lipinski definition) is 3. The fourth-order valence-electron chi connectivity index (χ4n) is 2.24. The van der Waals surface area contributed by atoms with Crippen LogP contribution in [0.25, 0.3) is 0 Å². The second-order valence-electron chi connectivity index (χ2n) is 6.66. The van der Waals surface area contributed by atoms with Gasteiger partial charge in [0.2, 0.25) is 0 Å². The molecule has 1 N–H and O–H groups in total. The molecular formula is C18H29ClN2O2. The van der Waals surface area contributed by atoms with Crippen molar-refractivity contribution >= 4 is 17.7 Å². The van der Waals surface area contributed by atoms with Gasteiger partial charge in [-0.1, -0.05) is 36.7 Å². The molecule has 1 rings (SSSR count). The highest BCUT2D eigenvalue weighted by atomic mass is 35.5. The molecule has 0 bridgehead atoms. The Bertz CT molecular complexity index is 500. The summed E-state index contributed by atoms with van der Waals surface area (Å²) in [5.74, 6) is 0. The van der Waals surface area contributed by atoms with E-state index in [9.17, 15) is 4.79 Å². The Morgan fingerprint density at radius 2 is 1.96 bits per heavy atom. The van der Waals surface area contributed by atoms with Crippen molar-refractivity contribution in [3.63, 3.8) is 0 Å². The maximum absolute atomic E-state index is 12.2. The van der Waals surface area contributed by atoms with Crippen LogP contribution in [0.3, 0.4) is 0 Å². The molecule has 0 aromatic heterocycles. The first-order chi connectivity index (χ1) is 10.7. The molecule has 1 unspecified atom stereocenters. The minimum atomic E-state index is -0.471. The molecule has 1 aromatic carbocycles. The molecule has 23 heavy (non-hydrogen) atoms. The summed E-state index contributed by atoms with van der Waals surface area (Å²) in [5.41, 5.74) is 0.593. The molecule has 0 aliphatic rings. The molecule has 1 atom stereocenters. The molecule has 1 amide bonds. The van der Waals surface area contributed by atoms with Crippen LogP contribution in [0.5, 0.6) is 0 Å². The highest BCUT2D eigenvalue weighted by Crippen LogP contribution is 2.21. The summed E-state index contributed by atoms with van der Waals surface area (Å²) in [4.78, 5) is 14.0. The van der Waals surface area contributed by atoms with Gasteiger partial charge in [0, 0.05) is 30.7 Å². The predicted octanol–water partition coefficient (Wildman–Crippen LogP) is 4.64. The van der Waals surface area contributed by atoms with E-state index >= 15 is 0 Å². The molecule has 1 aromatic rings. The highest BCUT2D eigenvalue weighted by molar-refractivity contribution is 6.31. The topological polar surface area (TPSA) is 41.6 Å². The third-order valence-electron chi connectivity index (χ3n) is 3.35. The van der Waals surface area contributed by atoms with Crippen molar-refractivity contribution in [1.82, 2.24) is 10.2 Å². The number of carbonyl (C=O) groups is 1. The summed E-state index contributed by atoms with van der Waals surface area (Å²) >= 11 is 6.21. The molecule has 0 aliphatic heterocycles. The molecule has 0 spiro atoms. The summed E-state index contributed by atoms with van der Waals surface area (Å²) in [6.07, 6.45) is 0.644. The molecule has 0 saturated carbocycles. The van der Waals surface area contributed by atoms with Gasteiger partial charge >= 0.3 is 6.09 Å². The quantitative estimate of drug-likeness (QED) is 0.786. The van der Waals surface area contributed by atoms with Crippen LogP contribution in [0.1, 0.15) is 52.6 Å². The average molecular weight is 341 g/mol. The molecule has 0 radical (unpaired) electrons.